The van der Waals surface area contributed by atoms with Crippen molar-refractivity contribution < 1.29 is 18.0 Å². The molecule has 0 radical (unpaired) electrons. The third-order valence-electron chi connectivity index (χ3n) is 6.36. The van der Waals surface area contributed by atoms with Crippen molar-refractivity contribution in [2.45, 2.75) is 37.9 Å². The summed E-state index contributed by atoms with van der Waals surface area (Å²) in [6, 6.07) is 5.00. The van der Waals surface area contributed by atoms with Crippen LogP contribution in [0.5, 0.6) is 0 Å². The average Bonchev–Trinajstić information content (AvgIpc) is 3.23. The fourth-order valence-electron chi connectivity index (χ4n) is 4.52. The van der Waals surface area contributed by atoms with Gasteiger partial charge in [0.2, 0.25) is 5.91 Å². The summed E-state index contributed by atoms with van der Waals surface area (Å²) in [7, 11) is 0. The second kappa shape index (κ2) is 9.42. The van der Waals surface area contributed by atoms with Crippen LogP contribution >= 0.6 is 0 Å². The van der Waals surface area contributed by atoms with Crippen LogP contribution in [0, 0.1) is 11.3 Å². The fourth-order valence-corrected chi connectivity index (χ4v) is 4.52. The third-order valence-corrected chi connectivity index (χ3v) is 6.36. The minimum Gasteiger partial charge on any atom is -0.353 e. The van der Waals surface area contributed by atoms with E-state index in [-0.39, 0.29) is 36.0 Å². The lowest BCUT2D eigenvalue weighted by Crippen LogP contribution is -2.54. The number of hydrogen-bond acceptors (Lipinski definition) is 7. The molecule has 1 aliphatic carbocycles. The van der Waals surface area contributed by atoms with Crippen molar-refractivity contribution in [1.82, 2.24) is 25.4 Å². The smallest absolute Gasteiger partial charge is 0.353 e. The number of carbonyl (C=O) groups is 1. The normalized spacial score (nSPS) is 19.0. The molecule has 3 heterocycles. The first-order chi connectivity index (χ1) is 16.2. The van der Waals surface area contributed by atoms with Gasteiger partial charge in [0.1, 0.15) is 17.5 Å². The van der Waals surface area contributed by atoms with Crippen LogP contribution in [0.15, 0.2) is 23.1 Å². The standard InChI is InChI=1S/C22H24F3N7O2/c1-13(21(34)32-8-6-31(7-9-32)17-5-2-14(10-26)11-28-17)27-12-15-3-4-16-18(22(23,24)25)20(33)30-29-19(15)16/h2,5,11,13,15,27H,3-4,6-9,12H2,1H3,(H,30,33)/t13-,15?/m1/s1. The zero-order valence-electron chi connectivity index (χ0n) is 18.5. The first-order valence-electron chi connectivity index (χ1n) is 11.0. The maximum absolute atomic E-state index is 13.3. The van der Waals surface area contributed by atoms with Gasteiger partial charge < -0.3 is 15.1 Å². The van der Waals surface area contributed by atoms with Crippen LogP contribution in [-0.4, -0.2) is 64.8 Å². The van der Waals surface area contributed by atoms with Crippen LogP contribution in [0.25, 0.3) is 0 Å². The highest BCUT2D eigenvalue weighted by Gasteiger charge is 2.41. The summed E-state index contributed by atoms with van der Waals surface area (Å²) >= 11 is 0. The Kier molecular flexibility index (Phi) is 6.56. The number of aromatic nitrogens is 3. The number of nitrogens with zero attached hydrogens (tertiary/aromatic N) is 5. The summed E-state index contributed by atoms with van der Waals surface area (Å²) in [6.45, 7) is 4.24. The number of anilines is 1. The maximum atomic E-state index is 13.3. The van der Waals surface area contributed by atoms with Crippen LogP contribution < -0.4 is 15.8 Å². The van der Waals surface area contributed by atoms with Crippen molar-refractivity contribution >= 4 is 11.7 Å². The summed E-state index contributed by atoms with van der Waals surface area (Å²) in [5.41, 5.74) is -1.71. The third kappa shape index (κ3) is 4.75. The Morgan fingerprint density at radius 3 is 2.68 bits per heavy atom. The second-order valence-electron chi connectivity index (χ2n) is 8.48. The summed E-state index contributed by atoms with van der Waals surface area (Å²) in [4.78, 5) is 32.6. The van der Waals surface area contributed by atoms with E-state index in [9.17, 15) is 22.8 Å². The van der Waals surface area contributed by atoms with Gasteiger partial charge in [-0.1, -0.05) is 0 Å². The van der Waals surface area contributed by atoms with Gasteiger partial charge in [-0.3, -0.25) is 9.59 Å². The molecule has 1 saturated heterocycles. The van der Waals surface area contributed by atoms with E-state index < -0.39 is 23.3 Å². The number of halogens is 3. The molecule has 2 aromatic rings. The average molecular weight is 475 g/mol. The Morgan fingerprint density at radius 1 is 1.32 bits per heavy atom. The molecular weight excluding hydrogens is 451 g/mol. The van der Waals surface area contributed by atoms with Gasteiger partial charge >= 0.3 is 6.18 Å². The van der Waals surface area contributed by atoms with Gasteiger partial charge in [0.05, 0.1) is 17.3 Å². The Balaban J connectivity index is 1.32. The lowest BCUT2D eigenvalue weighted by atomic mass is 10.1. The Labute approximate surface area is 193 Å². The quantitative estimate of drug-likeness (QED) is 0.671. The number of carbonyl (C=O) groups excluding carboxylic acids is 1. The zero-order chi connectivity index (χ0) is 24.5. The van der Waals surface area contributed by atoms with Gasteiger partial charge in [-0.2, -0.15) is 23.5 Å². The SMILES string of the molecule is C[C@@H](NCC1CCc2c1n[nH]c(=O)c2C(F)(F)F)C(=O)N1CCN(c2ccc(C#N)cn2)CC1. The molecule has 180 valence electrons. The predicted octanol–water partition coefficient (Wildman–Crippen LogP) is 1.41. The van der Waals surface area contributed by atoms with Crippen LogP contribution in [0.1, 0.15) is 41.6 Å². The molecule has 2 atom stereocenters. The van der Waals surface area contributed by atoms with Gasteiger partial charge in [-0.05, 0) is 37.5 Å². The number of piperazine rings is 1. The molecule has 2 aromatic heterocycles. The number of nitrogens with one attached hydrogen (secondary N) is 2. The van der Waals surface area contributed by atoms with E-state index in [4.69, 9.17) is 5.26 Å². The van der Waals surface area contributed by atoms with Crippen molar-refractivity contribution in [2.24, 2.45) is 0 Å². The highest BCUT2D eigenvalue weighted by atomic mass is 19.4. The number of nitriles is 1. The molecule has 0 saturated carbocycles. The van der Waals surface area contributed by atoms with Crippen molar-refractivity contribution in [3.8, 4) is 6.07 Å². The first kappa shape index (κ1) is 23.7. The number of H-pyrrole nitrogens is 1. The number of fused-ring (bicyclic) bond motifs is 1. The predicted molar refractivity (Wildman–Crippen MR) is 116 cm³/mol. The molecule has 12 heteroatoms. The molecule has 1 fully saturated rings. The number of alkyl halides is 3. The number of rotatable bonds is 5. The van der Waals surface area contributed by atoms with Crippen LogP contribution in [-0.2, 0) is 17.4 Å². The van der Waals surface area contributed by atoms with Gasteiger partial charge in [0.25, 0.3) is 5.56 Å². The van der Waals surface area contributed by atoms with E-state index in [1.807, 2.05) is 16.1 Å². The molecule has 2 aliphatic rings. The van der Waals surface area contributed by atoms with Gasteiger partial charge in [0, 0.05) is 44.8 Å². The minimum atomic E-state index is -4.73. The van der Waals surface area contributed by atoms with E-state index in [0.29, 0.717) is 38.2 Å². The van der Waals surface area contributed by atoms with Crippen LogP contribution in [0.4, 0.5) is 19.0 Å². The number of hydrogen-bond donors (Lipinski definition) is 2. The Bertz CT molecular complexity index is 1150. The molecule has 2 N–H and O–H groups in total. The molecular formula is C22H24F3N7O2. The number of aromatic amines is 1. The van der Waals surface area contributed by atoms with Crippen molar-refractivity contribution in [1.29, 1.82) is 5.26 Å². The molecule has 1 aliphatic heterocycles. The highest BCUT2D eigenvalue weighted by molar-refractivity contribution is 5.81. The van der Waals surface area contributed by atoms with Crippen LogP contribution in [0.2, 0.25) is 0 Å². The van der Waals surface area contributed by atoms with Gasteiger partial charge in [-0.15, -0.1) is 0 Å². The van der Waals surface area contributed by atoms with E-state index in [0.717, 1.165) is 5.82 Å². The highest BCUT2D eigenvalue weighted by Crippen LogP contribution is 2.38. The molecule has 34 heavy (non-hydrogen) atoms. The van der Waals surface area contributed by atoms with Gasteiger partial charge in [0.15, 0.2) is 0 Å². The molecule has 0 aromatic carbocycles. The fraction of sp³-hybridized carbons (Fsp3) is 0.500. The summed E-state index contributed by atoms with van der Waals surface area (Å²) < 4.78 is 39.9. The summed E-state index contributed by atoms with van der Waals surface area (Å²) in [6.07, 6.45) is -2.67. The van der Waals surface area contributed by atoms with E-state index in [1.165, 1.54) is 6.20 Å². The molecule has 0 bridgehead atoms. The lowest BCUT2D eigenvalue weighted by Gasteiger charge is -2.36. The van der Waals surface area contributed by atoms with Crippen molar-refractivity contribution in [2.75, 3.05) is 37.6 Å². The van der Waals surface area contributed by atoms with E-state index >= 15 is 0 Å². The minimum absolute atomic E-state index is 0.0467. The number of pyridine rings is 1. The second-order valence-corrected chi connectivity index (χ2v) is 8.48. The molecule has 4 rings (SSSR count). The zero-order valence-corrected chi connectivity index (χ0v) is 18.5. The van der Waals surface area contributed by atoms with Crippen molar-refractivity contribution in [3.05, 3.63) is 51.1 Å². The van der Waals surface area contributed by atoms with E-state index in [2.05, 4.69) is 15.4 Å². The maximum Gasteiger partial charge on any atom is 0.422 e. The Morgan fingerprint density at radius 2 is 2.06 bits per heavy atom. The first-order valence-corrected chi connectivity index (χ1v) is 11.0. The molecule has 9 nitrogen and oxygen atoms in total. The lowest BCUT2D eigenvalue weighted by molar-refractivity contribution is -0.139. The molecule has 1 amide bonds. The van der Waals surface area contributed by atoms with Crippen molar-refractivity contribution in [3.63, 3.8) is 0 Å². The Hall–Kier alpha value is -3.46. The summed E-state index contributed by atoms with van der Waals surface area (Å²) in [5.74, 6) is 0.347. The summed E-state index contributed by atoms with van der Waals surface area (Å²) in [5, 5.41) is 17.9. The van der Waals surface area contributed by atoms with Crippen LogP contribution in [0.3, 0.4) is 0 Å². The van der Waals surface area contributed by atoms with E-state index in [1.54, 1.807) is 24.0 Å². The monoisotopic (exact) mass is 475 g/mol. The topological polar surface area (TPSA) is 118 Å². The van der Waals surface area contributed by atoms with Gasteiger partial charge in [-0.25, -0.2) is 10.1 Å². The molecule has 1 unspecified atom stereocenters. The largest absolute Gasteiger partial charge is 0.422 e. The number of amides is 1. The molecule has 0 spiro atoms.